The molecule has 2 heterocycles. The largest absolute Gasteiger partial charge is 0.393 e. The topological polar surface area (TPSA) is 59.9 Å². The standard InChI is InChI=1S/C19H32N4OS/c1-2-20-19(21-12-16-4-3-5-18(16)24)22-17-6-9-23(10-7-17)13-15-8-11-25-14-15/h8,11,14,16-18,24H,2-7,9-10,12-13H2,1H3,(H2,20,21,22). The van der Waals surface area contributed by atoms with Gasteiger partial charge in [0.15, 0.2) is 5.96 Å². The quantitative estimate of drug-likeness (QED) is 0.536. The average molecular weight is 365 g/mol. The maximum absolute atomic E-state index is 9.97. The number of rotatable bonds is 6. The molecule has 2 fully saturated rings. The second-order valence-electron chi connectivity index (χ2n) is 7.30. The van der Waals surface area contributed by atoms with Gasteiger partial charge in [0.05, 0.1) is 6.10 Å². The molecule has 25 heavy (non-hydrogen) atoms. The van der Waals surface area contributed by atoms with Gasteiger partial charge in [-0.1, -0.05) is 6.42 Å². The van der Waals surface area contributed by atoms with Crippen LogP contribution < -0.4 is 10.6 Å². The molecule has 1 aromatic heterocycles. The molecule has 0 amide bonds. The highest BCUT2D eigenvalue weighted by molar-refractivity contribution is 7.07. The van der Waals surface area contributed by atoms with E-state index in [1.165, 1.54) is 5.56 Å². The lowest BCUT2D eigenvalue weighted by Crippen LogP contribution is -2.48. The normalized spacial score (nSPS) is 26.1. The smallest absolute Gasteiger partial charge is 0.191 e. The van der Waals surface area contributed by atoms with E-state index in [2.05, 4.69) is 39.3 Å². The molecular weight excluding hydrogens is 332 g/mol. The zero-order valence-corrected chi connectivity index (χ0v) is 16.1. The molecule has 1 aromatic rings. The predicted molar refractivity (Wildman–Crippen MR) is 105 cm³/mol. The van der Waals surface area contributed by atoms with E-state index in [9.17, 15) is 5.11 Å². The number of aliphatic hydroxyl groups excluding tert-OH is 1. The van der Waals surface area contributed by atoms with Gasteiger partial charge in [-0.25, -0.2) is 0 Å². The van der Waals surface area contributed by atoms with Gasteiger partial charge < -0.3 is 15.7 Å². The summed E-state index contributed by atoms with van der Waals surface area (Å²) in [5, 5.41) is 21.3. The summed E-state index contributed by atoms with van der Waals surface area (Å²) in [4.78, 5) is 7.28. The first-order valence-corrected chi connectivity index (χ1v) is 10.6. The maximum Gasteiger partial charge on any atom is 0.191 e. The Labute approximate surface area is 155 Å². The number of hydrogen-bond acceptors (Lipinski definition) is 4. The van der Waals surface area contributed by atoms with Crippen LogP contribution in [0.4, 0.5) is 0 Å². The molecule has 3 N–H and O–H groups in total. The Hall–Kier alpha value is -1.11. The predicted octanol–water partition coefficient (Wildman–Crippen LogP) is 2.43. The minimum Gasteiger partial charge on any atom is -0.393 e. The van der Waals surface area contributed by atoms with Crippen molar-refractivity contribution in [2.45, 2.75) is 57.7 Å². The summed E-state index contributed by atoms with van der Waals surface area (Å²) in [6.07, 6.45) is 5.32. The first-order valence-electron chi connectivity index (χ1n) is 9.71. The molecule has 1 saturated heterocycles. The van der Waals surface area contributed by atoms with Gasteiger partial charge in [-0.3, -0.25) is 9.89 Å². The maximum atomic E-state index is 9.97. The van der Waals surface area contributed by atoms with Crippen LogP contribution in [0, 0.1) is 5.92 Å². The third kappa shape index (κ3) is 5.69. The van der Waals surface area contributed by atoms with Crippen molar-refractivity contribution in [3.05, 3.63) is 22.4 Å². The number of thiophene rings is 1. The number of nitrogens with one attached hydrogen (secondary N) is 2. The summed E-state index contributed by atoms with van der Waals surface area (Å²) in [5.74, 6) is 1.25. The summed E-state index contributed by atoms with van der Waals surface area (Å²) < 4.78 is 0. The van der Waals surface area contributed by atoms with Crippen molar-refractivity contribution in [1.29, 1.82) is 0 Å². The van der Waals surface area contributed by atoms with Crippen LogP contribution in [-0.4, -0.2) is 54.3 Å². The molecular formula is C19H32N4OS. The minimum absolute atomic E-state index is 0.160. The van der Waals surface area contributed by atoms with Crippen molar-refractivity contribution < 1.29 is 5.11 Å². The van der Waals surface area contributed by atoms with Crippen molar-refractivity contribution in [1.82, 2.24) is 15.5 Å². The van der Waals surface area contributed by atoms with Crippen molar-refractivity contribution >= 4 is 17.3 Å². The van der Waals surface area contributed by atoms with Crippen LogP contribution in [0.3, 0.4) is 0 Å². The fraction of sp³-hybridized carbons (Fsp3) is 0.737. The second-order valence-corrected chi connectivity index (χ2v) is 8.08. The molecule has 2 aliphatic rings. The lowest BCUT2D eigenvalue weighted by Gasteiger charge is -2.33. The number of aliphatic hydroxyl groups is 1. The Balaban J connectivity index is 1.44. The molecule has 1 aliphatic heterocycles. The summed E-state index contributed by atoms with van der Waals surface area (Å²) in [5.41, 5.74) is 1.43. The van der Waals surface area contributed by atoms with Crippen LogP contribution in [0.25, 0.3) is 0 Å². The second kappa shape index (κ2) is 9.55. The average Bonchev–Trinajstić information content (AvgIpc) is 3.26. The van der Waals surface area contributed by atoms with E-state index >= 15 is 0 Å². The highest BCUT2D eigenvalue weighted by atomic mass is 32.1. The van der Waals surface area contributed by atoms with Gasteiger partial charge in [-0.15, -0.1) is 0 Å². The Kier molecular flexibility index (Phi) is 7.13. The van der Waals surface area contributed by atoms with Crippen LogP contribution in [0.15, 0.2) is 21.8 Å². The molecule has 0 aromatic carbocycles. The van der Waals surface area contributed by atoms with E-state index in [0.29, 0.717) is 12.0 Å². The number of likely N-dealkylation sites (tertiary alicyclic amines) is 1. The summed E-state index contributed by atoms with van der Waals surface area (Å²) in [6.45, 7) is 7.04. The minimum atomic E-state index is -0.160. The molecule has 0 radical (unpaired) electrons. The monoisotopic (exact) mass is 364 g/mol. The summed E-state index contributed by atoms with van der Waals surface area (Å²) in [6, 6.07) is 2.72. The Morgan fingerprint density at radius 2 is 2.16 bits per heavy atom. The van der Waals surface area contributed by atoms with Crippen LogP contribution in [-0.2, 0) is 6.54 Å². The highest BCUT2D eigenvalue weighted by Gasteiger charge is 2.25. The van der Waals surface area contributed by atoms with Gasteiger partial charge in [0.25, 0.3) is 0 Å². The van der Waals surface area contributed by atoms with Gasteiger partial charge in [-0.05, 0) is 55.0 Å². The third-order valence-electron chi connectivity index (χ3n) is 5.36. The molecule has 140 valence electrons. The van der Waals surface area contributed by atoms with Crippen molar-refractivity contribution in [3.63, 3.8) is 0 Å². The molecule has 3 rings (SSSR count). The molecule has 5 nitrogen and oxygen atoms in total. The fourth-order valence-corrected chi connectivity index (χ4v) is 4.49. The molecule has 1 saturated carbocycles. The fourth-order valence-electron chi connectivity index (χ4n) is 3.83. The number of piperidine rings is 1. The Morgan fingerprint density at radius 3 is 2.80 bits per heavy atom. The first kappa shape index (κ1) is 18.7. The van der Waals surface area contributed by atoms with Gasteiger partial charge in [0.1, 0.15) is 0 Å². The van der Waals surface area contributed by atoms with Crippen LogP contribution in [0.5, 0.6) is 0 Å². The molecule has 1 aliphatic carbocycles. The number of aliphatic imine (C=N–C) groups is 1. The summed E-state index contributed by atoms with van der Waals surface area (Å²) in [7, 11) is 0. The highest BCUT2D eigenvalue weighted by Crippen LogP contribution is 2.25. The molecule has 0 bridgehead atoms. The van der Waals surface area contributed by atoms with Crippen molar-refractivity contribution in [3.8, 4) is 0 Å². The van der Waals surface area contributed by atoms with Crippen molar-refractivity contribution in [2.24, 2.45) is 10.9 Å². The van der Waals surface area contributed by atoms with E-state index in [1.807, 2.05) is 0 Å². The first-order chi connectivity index (χ1) is 12.2. The van der Waals surface area contributed by atoms with Gasteiger partial charge in [0, 0.05) is 44.7 Å². The van der Waals surface area contributed by atoms with E-state index in [4.69, 9.17) is 4.99 Å². The number of nitrogens with zero attached hydrogens (tertiary/aromatic N) is 2. The zero-order chi connectivity index (χ0) is 17.5. The van der Waals surface area contributed by atoms with Gasteiger partial charge in [0.2, 0.25) is 0 Å². The van der Waals surface area contributed by atoms with Crippen LogP contribution in [0.1, 0.15) is 44.6 Å². The summed E-state index contributed by atoms with van der Waals surface area (Å²) >= 11 is 1.78. The zero-order valence-electron chi connectivity index (χ0n) is 15.3. The van der Waals surface area contributed by atoms with Gasteiger partial charge >= 0.3 is 0 Å². The molecule has 0 spiro atoms. The van der Waals surface area contributed by atoms with Crippen LogP contribution >= 0.6 is 11.3 Å². The van der Waals surface area contributed by atoms with Gasteiger partial charge in [-0.2, -0.15) is 11.3 Å². The molecule has 6 heteroatoms. The lowest BCUT2D eigenvalue weighted by atomic mass is 10.0. The SMILES string of the molecule is CCNC(=NCC1CCCC1O)NC1CCN(Cc2ccsc2)CC1. The van der Waals surface area contributed by atoms with E-state index in [0.717, 1.165) is 70.8 Å². The molecule has 2 atom stereocenters. The number of hydrogen-bond donors (Lipinski definition) is 3. The third-order valence-corrected chi connectivity index (χ3v) is 6.09. The lowest BCUT2D eigenvalue weighted by molar-refractivity contribution is 0.136. The number of guanidine groups is 1. The van der Waals surface area contributed by atoms with E-state index in [1.54, 1.807) is 11.3 Å². The van der Waals surface area contributed by atoms with Crippen LogP contribution in [0.2, 0.25) is 0 Å². The molecule has 2 unspecified atom stereocenters. The van der Waals surface area contributed by atoms with E-state index in [-0.39, 0.29) is 6.10 Å². The Morgan fingerprint density at radius 1 is 1.32 bits per heavy atom. The van der Waals surface area contributed by atoms with E-state index < -0.39 is 0 Å². The Bertz CT molecular complexity index is 526. The van der Waals surface area contributed by atoms with Crippen molar-refractivity contribution in [2.75, 3.05) is 26.2 Å².